The number of phenolic OH excluding ortho intramolecular Hbond substituents is 1. The van der Waals surface area contributed by atoms with Crippen molar-refractivity contribution in [1.29, 1.82) is 0 Å². The van der Waals surface area contributed by atoms with Gasteiger partial charge in [-0.05, 0) is 44.5 Å². The Morgan fingerprint density at radius 1 is 1.41 bits per heavy atom. The standard InChI is InChI=1S/C17H24N6O3S/c1-4-23(5-2)15(25)11-27-17-19-16(21-22-17)20-18-10-12-7-8-13(24)14(9-12)26-6-3/h7-10,24H,4-6,11H2,1-3H3,(H2,19,20,21,22)/b18-10-. The molecule has 0 aliphatic heterocycles. The number of aromatic hydroxyl groups is 1. The maximum absolute atomic E-state index is 12.0. The van der Waals surface area contributed by atoms with Gasteiger partial charge < -0.3 is 14.7 Å². The molecule has 0 saturated carbocycles. The van der Waals surface area contributed by atoms with Crippen LogP contribution in [0.4, 0.5) is 5.95 Å². The van der Waals surface area contributed by atoms with Gasteiger partial charge in [0.15, 0.2) is 11.5 Å². The Morgan fingerprint density at radius 2 is 2.19 bits per heavy atom. The number of amides is 1. The monoisotopic (exact) mass is 392 g/mol. The molecule has 3 N–H and O–H groups in total. The van der Waals surface area contributed by atoms with Gasteiger partial charge in [0.1, 0.15) is 0 Å². The number of thioether (sulfide) groups is 1. The first-order valence-corrected chi connectivity index (χ1v) is 9.63. The quantitative estimate of drug-likeness (QED) is 0.323. The number of aromatic amines is 1. The van der Waals surface area contributed by atoms with E-state index in [-0.39, 0.29) is 17.4 Å². The molecule has 1 heterocycles. The summed E-state index contributed by atoms with van der Waals surface area (Å²) >= 11 is 1.27. The average molecular weight is 392 g/mol. The first kappa shape index (κ1) is 20.6. The van der Waals surface area contributed by atoms with E-state index in [1.54, 1.807) is 29.3 Å². The van der Waals surface area contributed by atoms with E-state index < -0.39 is 0 Å². The lowest BCUT2D eigenvalue weighted by Gasteiger charge is -2.17. The molecule has 0 bridgehead atoms. The molecule has 9 nitrogen and oxygen atoms in total. The minimum absolute atomic E-state index is 0.0553. The lowest BCUT2D eigenvalue weighted by molar-refractivity contribution is -0.127. The van der Waals surface area contributed by atoms with E-state index in [1.807, 2.05) is 20.8 Å². The maximum atomic E-state index is 12.0. The van der Waals surface area contributed by atoms with Crippen LogP contribution in [-0.4, -0.2) is 62.8 Å². The number of nitrogens with one attached hydrogen (secondary N) is 2. The predicted octanol–water partition coefficient (Wildman–Crippen LogP) is 2.32. The summed E-state index contributed by atoms with van der Waals surface area (Å²) in [6, 6.07) is 4.94. The number of hydrazone groups is 1. The number of carbonyl (C=O) groups is 1. The SMILES string of the molecule is CCOc1cc(/C=N\Nc2nc(SCC(=O)N(CC)CC)n[nH]2)ccc1O. The number of nitrogens with zero attached hydrogens (tertiary/aromatic N) is 4. The molecule has 0 aliphatic carbocycles. The third-order valence-corrected chi connectivity index (χ3v) is 4.41. The lowest BCUT2D eigenvalue weighted by Crippen LogP contribution is -2.31. The van der Waals surface area contributed by atoms with Crippen molar-refractivity contribution in [1.82, 2.24) is 20.1 Å². The number of aromatic nitrogens is 3. The molecule has 1 amide bonds. The fourth-order valence-electron chi connectivity index (χ4n) is 2.20. The van der Waals surface area contributed by atoms with E-state index in [2.05, 4.69) is 25.7 Å². The Labute approximate surface area is 162 Å². The molecule has 1 aromatic heterocycles. The van der Waals surface area contributed by atoms with Crippen LogP contribution in [0.1, 0.15) is 26.3 Å². The number of rotatable bonds is 10. The van der Waals surface area contributed by atoms with E-state index >= 15 is 0 Å². The summed E-state index contributed by atoms with van der Waals surface area (Å²) in [5.74, 6) is 1.19. The molecule has 10 heteroatoms. The number of hydrogen-bond donors (Lipinski definition) is 3. The van der Waals surface area contributed by atoms with Gasteiger partial charge in [-0.1, -0.05) is 11.8 Å². The fourth-order valence-corrected chi connectivity index (χ4v) is 2.91. The van der Waals surface area contributed by atoms with Crippen molar-refractivity contribution in [3.05, 3.63) is 23.8 Å². The van der Waals surface area contributed by atoms with Crippen LogP contribution in [-0.2, 0) is 4.79 Å². The zero-order chi connectivity index (χ0) is 19.6. The summed E-state index contributed by atoms with van der Waals surface area (Å²) in [4.78, 5) is 18.0. The zero-order valence-electron chi connectivity index (χ0n) is 15.6. The van der Waals surface area contributed by atoms with Gasteiger partial charge in [0.2, 0.25) is 17.0 Å². The number of hydrogen-bond acceptors (Lipinski definition) is 8. The average Bonchev–Trinajstić information content (AvgIpc) is 3.11. The fraction of sp³-hybridized carbons (Fsp3) is 0.412. The van der Waals surface area contributed by atoms with E-state index in [9.17, 15) is 9.90 Å². The lowest BCUT2D eigenvalue weighted by atomic mass is 10.2. The van der Waals surface area contributed by atoms with Crippen LogP contribution in [0.15, 0.2) is 28.5 Å². The highest BCUT2D eigenvalue weighted by molar-refractivity contribution is 7.99. The normalized spacial score (nSPS) is 10.9. The molecule has 0 saturated heterocycles. The minimum Gasteiger partial charge on any atom is -0.504 e. The molecular weight excluding hydrogens is 368 g/mol. The molecule has 0 fully saturated rings. The van der Waals surface area contributed by atoms with Crippen molar-refractivity contribution < 1.29 is 14.6 Å². The molecule has 27 heavy (non-hydrogen) atoms. The molecule has 0 spiro atoms. The molecule has 0 atom stereocenters. The first-order chi connectivity index (χ1) is 13.1. The summed E-state index contributed by atoms with van der Waals surface area (Å²) in [6.07, 6.45) is 1.57. The van der Waals surface area contributed by atoms with Crippen LogP contribution in [0.2, 0.25) is 0 Å². The van der Waals surface area contributed by atoms with Crippen molar-refractivity contribution in [3.63, 3.8) is 0 Å². The van der Waals surface area contributed by atoms with Crippen LogP contribution < -0.4 is 10.2 Å². The second kappa shape index (κ2) is 10.4. The van der Waals surface area contributed by atoms with E-state index in [0.717, 1.165) is 5.56 Å². The molecule has 146 valence electrons. The Morgan fingerprint density at radius 3 is 2.89 bits per heavy atom. The molecule has 1 aromatic carbocycles. The smallest absolute Gasteiger partial charge is 0.240 e. The van der Waals surface area contributed by atoms with Crippen LogP contribution in [0.25, 0.3) is 0 Å². The first-order valence-electron chi connectivity index (χ1n) is 8.65. The van der Waals surface area contributed by atoms with Crippen LogP contribution in [0.3, 0.4) is 0 Å². The third-order valence-electron chi connectivity index (χ3n) is 3.57. The number of anilines is 1. The highest BCUT2D eigenvalue weighted by Gasteiger charge is 2.12. The van der Waals surface area contributed by atoms with Crippen LogP contribution >= 0.6 is 11.8 Å². The number of H-pyrrole nitrogens is 1. The molecule has 2 rings (SSSR count). The third kappa shape index (κ3) is 6.17. The van der Waals surface area contributed by atoms with Gasteiger partial charge in [-0.15, -0.1) is 5.10 Å². The van der Waals surface area contributed by atoms with Crippen LogP contribution in [0, 0.1) is 0 Å². The van der Waals surface area contributed by atoms with Crippen LogP contribution in [0.5, 0.6) is 11.5 Å². The topological polar surface area (TPSA) is 116 Å². The summed E-state index contributed by atoms with van der Waals surface area (Å²) in [6.45, 7) is 7.58. The maximum Gasteiger partial charge on any atom is 0.240 e. The van der Waals surface area contributed by atoms with Crippen molar-refractivity contribution in [2.45, 2.75) is 25.9 Å². The molecule has 0 aliphatic rings. The van der Waals surface area contributed by atoms with E-state index in [4.69, 9.17) is 4.74 Å². The van der Waals surface area contributed by atoms with Gasteiger partial charge in [-0.3, -0.25) is 4.79 Å². The second-order valence-electron chi connectivity index (χ2n) is 5.35. The number of ether oxygens (including phenoxy) is 1. The van der Waals surface area contributed by atoms with Gasteiger partial charge in [0.25, 0.3) is 0 Å². The Kier molecular flexibility index (Phi) is 7.93. The van der Waals surface area contributed by atoms with Crippen molar-refractivity contribution in [2.75, 3.05) is 30.9 Å². The molecular formula is C17H24N6O3S. The van der Waals surface area contributed by atoms with Gasteiger partial charge in [0.05, 0.1) is 18.6 Å². The Hall–Kier alpha value is -2.75. The largest absolute Gasteiger partial charge is 0.504 e. The predicted molar refractivity (Wildman–Crippen MR) is 106 cm³/mol. The summed E-state index contributed by atoms with van der Waals surface area (Å²) in [7, 11) is 0. The minimum atomic E-state index is 0.0553. The van der Waals surface area contributed by atoms with Crippen molar-refractivity contribution in [3.8, 4) is 11.5 Å². The van der Waals surface area contributed by atoms with E-state index in [0.29, 0.717) is 36.6 Å². The highest BCUT2D eigenvalue weighted by atomic mass is 32.2. The highest BCUT2D eigenvalue weighted by Crippen LogP contribution is 2.26. The summed E-state index contributed by atoms with van der Waals surface area (Å²) in [5, 5.41) is 21.0. The summed E-state index contributed by atoms with van der Waals surface area (Å²) in [5.41, 5.74) is 3.49. The number of benzene rings is 1. The number of carbonyl (C=O) groups excluding carboxylic acids is 1. The zero-order valence-corrected chi connectivity index (χ0v) is 16.4. The van der Waals surface area contributed by atoms with Gasteiger partial charge in [-0.2, -0.15) is 10.1 Å². The van der Waals surface area contributed by atoms with Crippen molar-refractivity contribution in [2.24, 2.45) is 5.10 Å². The molecule has 2 aromatic rings. The molecule has 0 radical (unpaired) electrons. The van der Waals surface area contributed by atoms with Gasteiger partial charge >= 0.3 is 0 Å². The Balaban J connectivity index is 1.88. The molecule has 0 unspecified atom stereocenters. The van der Waals surface area contributed by atoms with Crippen molar-refractivity contribution >= 4 is 29.8 Å². The van der Waals surface area contributed by atoms with Gasteiger partial charge in [0, 0.05) is 13.1 Å². The second-order valence-corrected chi connectivity index (χ2v) is 6.29. The summed E-state index contributed by atoms with van der Waals surface area (Å²) < 4.78 is 5.33. The number of phenols is 1. The van der Waals surface area contributed by atoms with E-state index in [1.165, 1.54) is 11.8 Å². The Bertz CT molecular complexity index is 776. The van der Waals surface area contributed by atoms with Gasteiger partial charge in [-0.25, -0.2) is 10.5 Å².